The maximum atomic E-state index is 13.4. The Morgan fingerprint density at radius 3 is 2.70 bits per heavy atom. The molecule has 0 unspecified atom stereocenters. The first-order valence-electron chi connectivity index (χ1n) is 8.47. The van der Waals surface area contributed by atoms with E-state index >= 15 is 0 Å². The number of fused-ring (bicyclic) bond motifs is 1. The first kappa shape index (κ1) is 17.4. The van der Waals surface area contributed by atoms with E-state index in [1.807, 2.05) is 24.4 Å². The predicted octanol–water partition coefficient (Wildman–Crippen LogP) is 5.07. The number of rotatable bonds is 4. The third-order valence-electron chi connectivity index (χ3n) is 4.32. The molecular weight excluding hydrogens is 365 g/mol. The Kier molecular flexibility index (Phi) is 4.45. The number of carbonyl (C=O) groups excluding carboxylic acids is 1. The minimum absolute atomic E-state index is 0.208. The van der Waals surface area contributed by atoms with Gasteiger partial charge in [-0.05, 0) is 55.6 Å². The molecule has 0 saturated heterocycles. The van der Waals surface area contributed by atoms with Crippen molar-refractivity contribution in [1.29, 1.82) is 0 Å². The van der Waals surface area contributed by atoms with Crippen LogP contribution in [-0.4, -0.2) is 22.6 Å². The Morgan fingerprint density at radius 1 is 1.26 bits per heavy atom. The molecule has 3 aromatic heterocycles. The van der Waals surface area contributed by atoms with E-state index < -0.39 is 0 Å². The zero-order chi connectivity index (χ0) is 19.0. The van der Waals surface area contributed by atoms with Crippen LogP contribution in [0, 0.1) is 12.7 Å². The smallest absolute Gasteiger partial charge is 0.259 e. The molecule has 0 spiro atoms. The highest BCUT2D eigenvalue weighted by Crippen LogP contribution is 2.31. The molecular formula is C20H16FN3O2S. The number of anilines is 1. The van der Waals surface area contributed by atoms with Crippen molar-refractivity contribution in [3.05, 3.63) is 64.9 Å². The number of nitrogens with zero attached hydrogens (tertiary/aromatic N) is 3. The fraction of sp³-hybridized carbons (Fsp3) is 0.150. The number of halogens is 1. The van der Waals surface area contributed by atoms with Crippen molar-refractivity contribution in [1.82, 2.24) is 10.1 Å². The van der Waals surface area contributed by atoms with Crippen molar-refractivity contribution in [3.63, 3.8) is 0 Å². The number of hydrogen-bond donors (Lipinski definition) is 0. The molecule has 1 aromatic carbocycles. The third-order valence-corrected chi connectivity index (χ3v) is 5.21. The first-order valence-corrected chi connectivity index (χ1v) is 9.34. The molecule has 0 bridgehead atoms. The second-order valence-corrected chi connectivity index (χ2v) is 6.95. The minimum Gasteiger partial charge on any atom is -0.335 e. The van der Waals surface area contributed by atoms with E-state index in [0.717, 1.165) is 4.88 Å². The summed E-state index contributed by atoms with van der Waals surface area (Å²) in [6, 6.07) is 11.5. The van der Waals surface area contributed by atoms with E-state index in [-0.39, 0.29) is 11.7 Å². The standard InChI is InChI=1S/C20H16FN3O2S/c1-3-24(14-8-6-13(21)7-9-14)20(25)15-11-16(17-5-4-10-27-17)22-19-18(15)12(2)23-26-19/h4-11H,3H2,1-2H3. The molecule has 7 heteroatoms. The highest BCUT2D eigenvalue weighted by molar-refractivity contribution is 7.13. The van der Waals surface area contributed by atoms with E-state index in [1.54, 1.807) is 30.0 Å². The van der Waals surface area contributed by atoms with Crippen LogP contribution in [0.4, 0.5) is 10.1 Å². The van der Waals surface area contributed by atoms with Crippen LogP contribution < -0.4 is 4.90 Å². The molecule has 0 fully saturated rings. The second kappa shape index (κ2) is 6.92. The third kappa shape index (κ3) is 3.10. The van der Waals surface area contributed by atoms with Gasteiger partial charge in [-0.15, -0.1) is 11.3 Å². The normalized spacial score (nSPS) is 11.1. The molecule has 136 valence electrons. The summed E-state index contributed by atoms with van der Waals surface area (Å²) in [6.45, 7) is 4.09. The van der Waals surface area contributed by atoms with Gasteiger partial charge >= 0.3 is 0 Å². The molecule has 0 aliphatic rings. The molecule has 0 aliphatic carbocycles. The number of carbonyl (C=O) groups is 1. The molecule has 1 amide bonds. The average molecular weight is 381 g/mol. The number of pyridine rings is 1. The highest BCUT2D eigenvalue weighted by atomic mass is 32.1. The molecule has 5 nitrogen and oxygen atoms in total. The van der Waals surface area contributed by atoms with Crippen molar-refractivity contribution in [2.24, 2.45) is 0 Å². The van der Waals surface area contributed by atoms with E-state index in [2.05, 4.69) is 10.1 Å². The monoisotopic (exact) mass is 381 g/mol. The minimum atomic E-state index is -0.344. The summed E-state index contributed by atoms with van der Waals surface area (Å²) in [5.41, 5.74) is 2.69. The summed E-state index contributed by atoms with van der Waals surface area (Å²) in [5, 5.41) is 6.52. The zero-order valence-electron chi connectivity index (χ0n) is 14.8. The number of benzene rings is 1. The van der Waals surface area contributed by atoms with Crippen LogP contribution in [0.25, 0.3) is 21.7 Å². The molecule has 0 atom stereocenters. The van der Waals surface area contributed by atoms with Gasteiger partial charge in [0.05, 0.1) is 27.2 Å². The van der Waals surface area contributed by atoms with Crippen molar-refractivity contribution in [2.45, 2.75) is 13.8 Å². The van der Waals surface area contributed by atoms with Gasteiger partial charge in [-0.2, -0.15) is 0 Å². The van der Waals surface area contributed by atoms with Gasteiger partial charge in [-0.25, -0.2) is 9.37 Å². The summed E-state index contributed by atoms with van der Waals surface area (Å²) in [4.78, 5) is 20.4. The number of aromatic nitrogens is 2. The Labute approximate surface area is 159 Å². The Morgan fingerprint density at radius 2 is 2.04 bits per heavy atom. The van der Waals surface area contributed by atoms with Gasteiger partial charge in [-0.3, -0.25) is 4.79 Å². The molecule has 0 radical (unpaired) electrons. The van der Waals surface area contributed by atoms with E-state index in [0.29, 0.717) is 40.3 Å². The topological polar surface area (TPSA) is 59.2 Å². The van der Waals surface area contributed by atoms with Crippen LogP contribution in [0.3, 0.4) is 0 Å². The van der Waals surface area contributed by atoms with Crippen LogP contribution in [0.15, 0.2) is 52.4 Å². The molecule has 0 N–H and O–H groups in total. The molecule has 4 aromatic rings. The van der Waals surface area contributed by atoms with Gasteiger partial charge in [0.1, 0.15) is 5.82 Å². The lowest BCUT2D eigenvalue weighted by molar-refractivity contribution is 0.0989. The largest absolute Gasteiger partial charge is 0.335 e. The fourth-order valence-electron chi connectivity index (χ4n) is 3.02. The summed E-state index contributed by atoms with van der Waals surface area (Å²) in [5.74, 6) is -0.552. The fourth-order valence-corrected chi connectivity index (χ4v) is 3.71. The van der Waals surface area contributed by atoms with Crippen molar-refractivity contribution >= 4 is 34.0 Å². The van der Waals surface area contributed by atoms with Gasteiger partial charge in [0.25, 0.3) is 11.6 Å². The van der Waals surface area contributed by atoms with Crippen LogP contribution >= 0.6 is 11.3 Å². The lowest BCUT2D eigenvalue weighted by Gasteiger charge is -2.21. The molecule has 4 rings (SSSR count). The van der Waals surface area contributed by atoms with Crippen LogP contribution in [0.1, 0.15) is 23.0 Å². The average Bonchev–Trinajstić information content (AvgIpc) is 3.33. The zero-order valence-corrected chi connectivity index (χ0v) is 15.6. The Hall–Kier alpha value is -3.06. The van der Waals surface area contributed by atoms with Gasteiger partial charge in [0, 0.05) is 12.2 Å². The Balaban J connectivity index is 1.87. The van der Waals surface area contributed by atoms with E-state index in [9.17, 15) is 9.18 Å². The quantitative estimate of drug-likeness (QED) is 0.495. The van der Waals surface area contributed by atoms with Crippen LogP contribution in [0.2, 0.25) is 0 Å². The summed E-state index contributed by atoms with van der Waals surface area (Å²) in [7, 11) is 0. The summed E-state index contributed by atoms with van der Waals surface area (Å²) in [6.07, 6.45) is 0. The van der Waals surface area contributed by atoms with Gasteiger partial charge in [0.15, 0.2) is 0 Å². The lowest BCUT2D eigenvalue weighted by atomic mass is 10.1. The molecule has 0 aliphatic heterocycles. The van der Waals surface area contributed by atoms with Crippen molar-refractivity contribution in [2.75, 3.05) is 11.4 Å². The summed E-state index contributed by atoms with van der Waals surface area (Å²) >= 11 is 1.53. The van der Waals surface area contributed by atoms with Crippen molar-refractivity contribution in [3.8, 4) is 10.6 Å². The first-order chi connectivity index (χ1) is 13.1. The summed E-state index contributed by atoms with van der Waals surface area (Å²) < 4.78 is 18.6. The maximum Gasteiger partial charge on any atom is 0.259 e. The van der Waals surface area contributed by atoms with E-state index in [1.165, 1.54) is 23.5 Å². The van der Waals surface area contributed by atoms with Gasteiger partial charge < -0.3 is 9.42 Å². The van der Waals surface area contributed by atoms with E-state index in [4.69, 9.17) is 4.52 Å². The molecule has 0 saturated carbocycles. The second-order valence-electron chi connectivity index (χ2n) is 6.01. The van der Waals surface area contributed by atoms with Gasteiger partial charge in [-0.1, -0.05) is 11.2 Å². The molecule has 27 heavy (non-hydrogen) atoms. The number of amides is 1. The Bertz CT molecular complexity index is 1100. The maximum absolute atomic E-state index is 13.4. The number of thiophene rings is 1. The molecule has 3 heterocycles. The van der Waals surface area contributed by atoms with Crippen molar-refractivity contribution < 1.29 is 13.7 Å². The van der Waals surface area contributed by atoms with Crippen LogP contribution in [0.5, 0.6) is 0 Å². The number of hydrogen-bond acceptors (Lipinski definition) is 5. The lowest BCUT2D eigenvalue weighted by Crippen LogP contribution is -2.31. The number of aryl methyl sites for hydroxylation is 1. The highest BCUT2D eigenvalue weighted by Gasteiger charge is 2.24. The predicted molar refractivity (Wildman–Crippen MR) is 104 cm³/mol. The van der Waals surface area contributed by atoms with Gasteiger partial charge in [0.2, 0.25) is 0 Å². The SMILES string of the molecule is CCN(C(=O)c1cc(-c2cccs2)nc2onc(C)c12)c1ccc(F)cc1. The van der Waals surface area contributed by atoms with Crippen LogP contribution in [-0.2, 0) is 0 Å².